The molecule has 0 fully saturated rings. The lowest BCUT2D eigenvalue weighted by Gasteiger charge is -2.11. The number of benzene rings is 1. The third-order valence-corrected chi connectivity index (χ3v) is 3.01. The smallest absolute Gasteiger partial charge is 0.269 e. The van der Waals surface area contributed by atoms with Crippen molar-refractivity contribution in [2.24, 2.45) is 5.10 Å². The maximum atomic E-state index is 11.8. The van der Waals surface area contributed by atoms with Gasteiger partial charge in [-0.15, -0.1) is 0 Å². The highest BCUT2D eigenvalue weighted by Gasteiger charge is 2.17. The van der Waals surface area contributed by atoms with Crippen molar-refractivity contribution in [2.45, 2.75) is 19.3 Å². The van der Waals surface area contributed by atoms with Crippen molar-refractivity contribution in [1.29, 1.82) is 0 Å². The molecule has 1 aromatic carbocycles. The van der Waals surface area contributed by atoms with Crippen molar-refractivity contribution in [1.82, 2.24) is 10.7 Å². The van der Waals surface area contributed by atoms with E-state index >= 15 is 0 Å². The number of rotatable bonds is 5. The van der Waals surface area contributed by atoms with Crippen LogP contribution in [0.3, 0.4) is 0 Å². The number of nitrogens with one attached hydrogen (secondary N) is 2. The SMILES string of the molecule is O=C1CCC(C(=O)NCCc2ccc([N+](=O)[O-])cc2)=NN1. The van der Waals surface area contributed by atoms with E-state index in [4.69, 9.17) is 0 Å². The molecule has 0 aliphatic carbocycles. The van der Waals surface area contributed by atoms with Gasteiger partial charge in [0.15, 0.2) is 0 Å². The number of nitrogens with zero attached hydrogens (tertiary/aromatic N) is 2. The van der Waals surface area contributed by atoms with Crippen LogP contribution in [-0.2, 0) is 16.0 Å². The Hall–Kier alpha value is -2.77. The molecular weight excluding hydrogens is 276 g/mol. The molecule has 0 spiro atoms. The van der Waals surface area contributed by atoms with Crippen molar-refractivity contribution in [3.63, 3.8) is 0 Å². The fraction of sp³-hybridized carbons (Fsp3) is 0.308. The first-order valence-electron chi connectivity index (χ1n) is 6.43. The maximum absolute atomic E-state index is 11.8. The number of nitro groups is 1. The summed E-state index contributed by atoms with van der Waals surface area (Å²) in [5.74, 6) is -0.505. The Balaban J connectivity index is 1.80. The van der Waals surface area contributed by atoms with Gasteiger partial charge in [-0.25, -0.2) is 5.43 Å². The third-order valence-electron chi connectivity index (χ3n) is 3.01. The molecule has 0 unspecified atom stereocenters. The number of hydrogen-bond donors (Lipinski definition) is 2. The molecule has 0 bridgehead atoms. The quantitative estimate of drug-likeness (QED) is 0.607. The van der Waals surface area contributed by atoms with Crippen LogP contribution in [-0.4, -0.2) is 29.0 Å². The van der Waals surface area contributed by atoms with Crippen molar-refractivity contribution in [3.8, 4) is 0 Å². The molecule has 1 aliphatic heterocycles. The molecule has 0 radical (unpaired) electrons. The second-order valence-corrected chi connectivity index (χ2v) is 4.52. The Bertz CT molecular complexity index is 595. The standard InChI is InChI=1S/C13H14N4O4/c18-12-6-5-11(15-16-12)13(19)14-8-7-9-1-3-10(4-2-9)17(20)21/h1-4H,5-8H2,(H,14,19)(H,16,18). The molecule has 2 rings (SSSR count). The Morgan fingerprint density at radius 1 is 1.33 bits per heavy atom. The van der Waals surface area contributed by atoms with Gasteiger partial charge in [-0.05, 0) is 12.0 Å². The van der Waals surface area contributed by atoms with Gasteiger partial charge >= 0.3 is 0 Å². The molecule has 21 heavy (non-hydrogen) atoms. The summed E-state index contributed by atoms with van der Waals surface area (Å²) in [7, 11) is 0. The van der Waals surface area contributed by atoms with Gasteiger partial charge in [0.25, 0.3) is 11.6 Å². The van der Waals surface area contributed by atoms with Crippen LogP contribution in [0.2, 0.25) is 0 Å². The van der Waals surface area contributed by atoms with E-state index in [0.717, 1.165) is 5.56 Å². The minimum Gasteiger partial charge on any atom is -0.351 e. The van der Waals surface area contributed by atoms with E-state index < -0.39 is 4.92 Å². The van der Waals surface area contributed by atoms with Crippen LogP contribution in [0.1, 0.15) is 18.4 Å². The number of hydrazone groups is 1. The molecular formula is C13H14N4O4. The molecule has 0 aromatic heterocycles. The first kappa shape index (κ1) is 14.6. The van der Waals surface area contributed by atoms with Crippen molar-refractivity contribution in [3.05, 3.63) is 39.9 Å². The predicted molar refractivity (Wildman–Crippen MR) is 74.6 cm³/mol. The van der Waals surface area contributed by atoms with Crippen LogP contribution in [0.5, 0.6) is 0 Å². The van der Waals surface area contributed by atoms with Gasteiger partial charge in [0.2, 0.25) is 5.91 Å². The van der Waals surface area contributed by atoms with Gasteiger partial charge in [-0.1, -0.05) is 12.1 Å². The van der Waals surface area contributed by atoms with Crippen LogP contribution in [0.15, 0.2) is 29.4 Å². The highest BCUT2D eigenvalue weighted by molar-refractivity contribution is 6.39. The van der Waals surface area contributed by atoms with Crippen LogP contribution in [0.4, 0.5) is 5.69 Å². The highest BCUT2D eigenvalue weighted by atomic mass is 16.6. The topological polar surface area (TPSA) is 114 Å². The van der Waals surface area contributed by atoms with E-state index in [2.05, 4.69) is 15.8 Å². The Morgan fingerprint density at radius 3 is 2.62 bits per heavy atom. The number of amides is 2. The summed E-state index contributed by atoms with van der Waals surface area (Å²) < 4.78 is 0. The van der Waals surface area contributed by atoms with Crippen LogP contribution in [0, 0.1) is 10.1 Å². The second kappa shape index (κ2) is 6.60. The normalized spacial score (nSPS) is 14.1. The largest absolute Gasteiger partial charge is 0.351 e. The van der Waals surface area contributed by atoms with Crippen LogP contribution < -0.4 is 10.7 Å². The van der Waals surface area contributed by atoms with Gasteiger partial charge in [0.1, 0.15) is 5.71 Å². The molecule has 2 amide bonds. The lowest BCUT2D eigenvalue weighted by Crippen LogP contribution is -2.37. The number of non-ortho nitro benzene ring substituents is 1. The third kappa shape index (κ3) is 4.10. The van der Waals surface area contributed by atoms with Crippen molar-refractivity contribution in [2.75, 3.05) is 6.54 Å². The van der Waals surface area contributed by atoms with E-state index in [-0.39, 0.29) is 23.9 Å². The molecule has 110 valence electrons. The van der Waals surface area contributed by atoms with Crippen molar-refractivity contribution >= 4 is 23.2 Å². The molecule has 1 aliphatic rings. The zero-order chi connectivity index (χ0) is 15.2. The minimum absolute atomic E-state index is 0.0371. The summed E-state index contributed by atoms with van der Waals surface area (Å²) in [6.07, 6.45) is 1.15. The van der Waals surface area contributed by atoms with Gasteiger partial charge < -0.3 is 5.32 Å². The molecule has 0 saturated carbocycles. The molecule has 0 saturated heterocycles. The minimum atomic E-state index is -0.457. The van der Waals surface area contributed by atoms with E-state index in [1.54, 1.807) is 12.1 Å². The number of hydrogen-bond acceptors (Lipinski definition) is 5. The average molecular weight is 290 g/mol. The van der Waals surface area contributed by atoms with Crippen LogP contribution in [0.25, 0.3) is 0 Å². The molecule has 0 atom stereocenters. The number of carbonyl (C=O) groups excluding carboxylic acids is 2. The molecule has 8 heteroatoms. The van der Waals surface area contributed by atoms with Gasteiger partial charge in [0, 0.05) is 31.5 Å². The fourth-order valence-corrected chi connectivity index (χ4v) is 1.84. The summed E-state index contributed by atoms with van der Waals surface area (Å²) in [4.78, 5) is 32.7. The average Bonchev–Trinajstić information content (AvgIpc) is 2.48. The van der Waals surface area contributed by atoms with Gasteiger partial charge in [-0.3, -0.25) is 19.7 Å². The van der Waals surface area contributed by atoms with E-state index in [1.165, 1.54) is 12.1 Å². The number of nitro benzene ring substituents is 1. The number of carbonyl (C=O) groups is 2. The van der Waals surface area contributed by atoms with Crippen molar-refractivity contribution < 1.29 is 14.5 Å². The maximum Gasteiger partial charge on any atom is 0.269 e. The Kier molecular flexibility index (Phi) is 4.60. The molecule has 1 aromatic rings. The Labute approximate surface area is 120 Å². The van der Waals surface area contributed by atoms with Gasteiger partial charge in [0.05, 0.1) is 4.92 Å². The summed E-state index contributed by atoms with van der Waals surface area (Å²) in [5.41, 5.74) is 3.49. The first-order chi connectivity index (χ1) is 10.1. The van der Waals surface area contributed by atoms with Gasteiger partial charge in [-0.2, -0.15) is 5.10 Å². The monoisotopic (exact) mass is 290 g/mol. The first-order valence-corrected chi connectivity index (χ1v) is 6.43. The summed E-state index contributed by atoms with van der Waals surface area (Å²) in [6, 6.07) is 6.17. The molecule has 8 nitrogen and oxygen atoms in total. The summed E-state index contributed by atoms with van der Waals surface area (Å²) in [6.45, 7) is 0.392. The highest BCUT2D eigenvalue weighted by Crippen LogP contribution is 2.11. The summed E-state index contributed by atoms with van der Waals surface area (Å²) in [5, 5.41) is 16.9. The lowest BCUT2D eigenvalue weighted by atomic mass is 10.1. The second-order valence-electron chi connectivity index (χ2n) is 4.52. The van der Waals surface area contributed by atoms with E-state index in [1.807, 2.05) is 0 Å². The zero-order valence-electron chi connectivity index (χ0n) is 11.2. The van der Waals surface area contributed by atoms with Crippen LogP contribution >= 0.6 is 0 Å². The zero-order valence-corrected chi connectivity index (χ0v) is 11.2. The predicted octanol–water partition coefficient (Wildman–Crippen LogP) is 0.519. The van der Waals surface area contributed by atoms with E-state index in [9.17, 15) is 19.7 Å². The summed E-state index contributed by atoms with van der Waals surface area (Å²) >= 11 is 0. The molecule has 2 N–H and O–H groups in total. The van der Waals surface area contributed by atoms with E-state index in [0.29, 0.717) is 25.1 Å². The Morgan fingerprint density at radius 2 is 2.05 bits per heavy atom. The fourth-order valence-electron chi connectivity index (χ4n) is 1.84. The molecule has 1 heterocycles. The lowest BCUT2D eigenvalue weighted by molar-refractivity contribution is -0.384.